The number of hydrogen-bond acceptors (Lipinski definition) is 5. The van der Waals surface area contributed by atoms with Gasteiger partial charge < -0.3 is 19.7 Å². The van der Waals surface area contributed by atoms with E-state index in [4.69, 9.17) is 9.47 Å². The Morgan fingerprint density at radius 2 is 1.92 bits per heavy atom. The van der Waals surface area contributed by atoms with E-state index in [1.165, 1.54) is 11.6 Å². The van der Waals surface area contributed by atoms with Crippen LogP contribution in [0.5, 0.6) is 5.75 Å². The predicted molar refractivity (Wildman–Crippen MR) is 141 cm³/mol. The lowest BCUT2D eigenvalue weighted by atomic mass is 9.89. The number of amides is 1. The molecule has 3 aromatic rings. The van der Waals surface area contributed by atoms with Crippen molar-refractivity contribution >= 4 is 28.2 Å². The molecule has 2 aliphatic carbocycles. The summed E-state index contributed by atoms with van der Waals surface area (Å²) in [6.07, 6.45) is 6.83. The van der Waals surface area contributed by atoms with Gasteiger partial charge in [0.1, 0.15) is 18.2 Å². The van der Waals surface area contributed by atoms with Crippen LogP contribution in [0.4, 0.5) is 15.8 Å². The van der Waals surface area contributed by atoms with Crippen LogP contribution in [-0.4, -0.2) is 43.3 Å². The minimum atomic E-state index is -0.207. The van der Waals surface area contributed by atoms with Crippen LogP contribution in [0, 0.1) is 23.6 Å². The highest BCUT2D eigenvalue weighted by Crippen LogP contribution is 2.54. The molecule has 2 unspecified atom stereocenters. The number of ether oxygens (including phenoxy) is 2. The molecule has 1 amide bonds. The molecule has 7 heteroatoms. The lowest BCUT2D eigenvalue weighted by Gasteiger charge is -2.41. The minimum Gasteiger partial charge on any atom is -0.489 e. The quantitative estimate of drug-likeness (QED) is 0.510. The molecule has 0 spiro atoms. The van der Waals surface area contributed by atoms with E-state index >= 15 is 0 Å². The summed E-state index contributed by atoms with van der Waals surface area (Å²) in [5.74, 6) is 2.85. The number of rotatable bonds is 4. The van der Waals surface area contributed by atoms with Gasteiger partial charge >= 0.3 is 0 Å². The Hall–Kier alpha value is -3.19. The number of carbonyl (C=O) groups excluding carboxylic acids is 1. The standard InChI is InChI=1S/C30H32FN3O3/c31-22-1-3-27-26(14-22)25(5-6-32-27)21-12-19-9-18(10-20(19)13-21)11-30(35)33-23-2-4-28-29(15-23)37-17-24-16-36-8-7-34(24)28/h1-6,14-15,18-21,24H,7-13,16-17H2,(H,33,35)/t18-,19-,20+,21?,24?. The molecule has 2 saturated carbocycles. The number of fused-ring (bicyclic) bond motifs is 5. The van der Waals surface area contributed by atoms with Crippen molar-refractivity contribution in [3.63, 3.8) is 0 Å². The molecule has 4 aliphatic rings. The van der Waals surface area contributed by atoms with Gasteiger partial charge in [-0.15, -0.1) is 0 Å². The number of benzene rings is 2. The number of halogens is 1. The molecular formula is C30H32FN3O3. The van der Waals surface area contributed by atoms with Crippen LogP contribution in [0.15, 0.2) is 48.7 Å². The first-order valence-corrected chi connectivity index (χ1v) is 13.6. The lowest BCUT2D eigenvalue weighted by Crippen LogP contribution is -2.51. The van der Waals surface area contributed by atoms with Crippen molar-refractivity contribution in [3.05, 3.63) is 60.0 Å². The fraction of sp³-hybridized carbons (Fsp3) is 0.467. The maximum atomic E-state index is 13.9. The fourth-order valence-electron chi connectivity index (χ4n) is 7.37. The molecule has 6 nitrogen and oxygen atoms in total. The zero-order chi connectivity index (χ0) is 24.9. The van der Waals surface area contributed by atoms with E-state index in [0.29, 0.717) is 43.3 Å². The Bertz CT molecular complexity index is 1330. The van der Waals surface area contributed by atoms with E-state index in [-0.39, 0.29) is 17.8 Å². The summed E-state index contributed by atoms with van der Waals surface area (Å²) in [7, 11) is 0. The van der Waals surface area contributed by atoms with E-state index in [1.54, 1.807) is 12.1 Å². The number of anilines is 2. The van der Waals surface area contributed by atoms with E-state index in [2.05, 4.69) is 27.3 Å². The Morgan fingerprint density at radius 3 is 2.78 bits per heavy atom. The second-order valence-electron chi connectivity index (χ2n) is 11.3. The Kier molecular flexibility index (Phi) is 5.76. The molecule has 3 heterocycles. The van der Waals surface area contributed by atoms with Crippen LogP contribution >= 0.6 is 0 Å². The molecule has 2 aromatic carbocycles. The van der Waals surface area contributed by atoms with Crippen LogP contribution < -0.4 is 15.0 Å². The first-order chi connectivity index (χ1) is 18.1. The van der Waals surface area contributed by atoms with Crippen molar-refractivity contribution in [2.45, 2.75) is 44.1 Å². The zero-order valence-corrected chi connectivity index (χ0v) is 20.9. The minimum absolute atomic E-state index is 0.0807. The van der Waals surface area contributed by atoms with Gasteiger partial charge in [-0.05, 0) is 91.3 Å². The Balaban J connectivity index is 0.964. The molecule has 1 aromatic heterocycles. The number of pyridine rings is 1. The van der Waals surface area contributed by atoms with Crippen LogP contribution in [-0.2, 0) is 9.53 Å². The monoisotopic (exact) mass is 501 g/mol. The summed E-state index contributed by atoms with van der Waals surface area (Å²) in [4.78, 5) is 19.7. The summed E-state index contributed by atoms with van der Waals surface area (Å²) in [6, 6.07) is 13.2. The van der Waals surface area contributed by atoms with Gasteiger partial charge in [-0.3, -0.25) is 9.78 Å². The SMILES string of the molecule is O=C(C[C@H]1C[C@H]2CC(c3ccnc4ccc(F)cc34)C[C@H]2C1)Nc1ccc2c(c1)OCC1COCCN21. The van der Waals surface area contributed by atoms with E-state index < -0.39 is 0 Å². The van der Waals surface area contributed by atoms with Gasteiger partial charge in [0.05, 0.1) is 30.5 Å². The van der Waals surface area contributed by atoms with Crippen molar-refractivity contribution in [1.29, 1.82) is 0 Å². The van der Waals surface area contributed by atoms with E-state index in [1.807, 2.05) is 18.3 Å². The maximum Gasteiger partial charge on any atom is 0.224 e. The smallest absolute Gasteiger partial charge is 0.224 e. The van der Waals surface area contributed by atoms with Gasteiger partial charge in [-0.2, -0.15) is 0 Å². The van der Waals surface area contributed by atoms with Crippen molar-refractivity contribution in [1.82, 2.24) is 4.98 Å². The highest BCUT2D eigenvalue weighted by atomic mass is 19.1. The number of morpholine rings is 1. The molecule has 3 fully saturated rings. The molecule has 37 heavy (non-hydrogen) atoms. The molecule has 192 valence electrons. The Labute approximate surface area is 216 Å². The summed E-state index contributed by atoms with van der Waals surface area (Å²) in [6.45, 7) is 2.91. The van der Waals surface area contributed by atoms with Crippen LogP contribution in [0.3, 0.4) is 0 Å². The van der Waals surface area contributed by atoms with E-state index in [9.17, 15) is 9.18 Å². The van der Waals surface area contributed by atoms with Gasteiger partial charge in [0, 0.05) is 36.3 Å². The van der Waals surface area contributed by atoms with Gasteiger partial charge in [0.2, 0.25) is 5.91 Å². The van der Waals surface area contributed by atoms with Gasteiger partial charge in [-0.25, -0.2) is 4.39 Å². The number of carbonyl (C=O) groups is 1. The largest absolute Gasteiger partial charge is 0.489 e. The number of nitrogens with zero attached hydrogens (tertiary/aromatic N) is 2. The lowest BCUT2D eigenvalue weighted by molar-refractivity contribution is -0.117. The number of aromatic nitrogens is 1. The molecule has 2 aliphatic heterocycles. The fourth-order valence-corrected chi connectivity index (χ4v) is 7.37. The summed E-state index contributed by atoms with van der Waals surface area (Å²) in [5.41, 5.74) is 3.97. The Morgan fingerprint density at radius 1 is 1.05 bits per heavy atom. The van der Waals surface area contributed by atoms with Crippen LogP contribution in [0.2, 0.25) is 0 Å². The second-order valence-corrected chi connectivity index (χ2v) is 11.3. The number of hydrogen-bond donors (Lipinski definition) is 1. The molecule has 0 radical (unpaired) electrons. The third-order valence-electron chi connectivity index (χ3n) is 8.98. The van der Waals surface area contributed by atoms with E-state index in [0.717, 1.165) is 66.9 Å². The highest BCUT2D eigenvalue weighted by molar-refractivity contribution is 5.91. The van der Waals surface area contributed by atoms with Crippen LogP contribution in [0.25, 0.3) is 10.9 Å². The molecule has 0 bridgehead atoms. The second kappa shape index (κ2) is 9.28. The van der Waals surface area contributed by atoms with Crippen molar-refractivity contribution in [2.75, 3.05) is 36.6 Å². The third-order valence-corrected chi connectivity index (χ3v) is 8.98. The molecule has 5 atom stereocenters. The maximum absolute atomic E-state index is 13.9. The highest BCUT2D eigenvalue weighted by Gasteiger charge is 2.42. The average Bonchev–Trinajstić information content (AvgIpc) is 3.46. The topological polar surface area (TPSA) is 63.7 Å². The molecule has 7 rings (SSSR count). The van der Waals surface area contributed by atoms with Gasteiger partial charge in [0.15, 0.2) is 0 Å². The molecule has 1 N–H and O–H groups in total. The first kappa shape index (κ1) is 23.0. The average molecular weight is 502 g/mol. The van der Waals surface area contributed by atoms with Crippen molar-refractivity contribution in [3.8, 4) is 5.75 Å². The molecular weight excluding hydrogens is 469 g/mol. The third kappa shape index (κ3) is 4.33. The number of nitrogens with one attached hydrogen (secondary N) is 1. The van der Waals surface area contributed by atoms with Crippen LogP contribution in [0.1, 0.15) is 43.6 Å². The normalized spacial score (nSPS) is 28.4. The first-order valence-electron chi connectivity index (χ1n) is 13.6. The summed E-state index contributed by atoms with van der Waals surface area (Å²) in [5, 5.41) is 4.06. The van der Waals surface area contributed by atoms with Crippen molar-refractivity contribution in [2.24, 2.45) is 17.8 Å². The van der Waals surface area contributed by atoms with Crippen molar-refractivity contribution < 1.29 is 18.7 Å². The zero-order valence-electron chi connectivity index (χ0n) is 20.9. The summed E-state index contributed by atoms with van der Waals surface area (Å²) >= 11 is 0. The summed E-state index contributed by atoms with van der Waals surface area (Å²) < 4.78 is 25.5. The van der Waals surface area contributed by atoms with Gasteiger partial charge in [0.25, 0.3) is 0 Å². The predicted octanol–water partition coefficient (Wildman–Crippen LogP) is 5.52. The van der Waals surface area contributed by atoms with Gasteiger partial charge in [-0.1, -0.05) is 0 Å². The molecule has 1 saturated heterocycles.